The molecule has 0 rings (SSSR count). The summed E-state index contributed by atoms with van der Waals surface area (Å²) in [7, 11) is 0. The van der Waals surface area contributed by atoms with Crippen molar-refractivity contribution in [2.75, 3.05) is 6.61 Å². The molecule has 1 atom stereocenters. The van der Waals surface area contributed by atoms with Gasteiger partial charge in [0.2, 0.25) is 6.10 Å². The maximum absolute atomic E-state index is 11.3. The Morgan fingerprint density at radius 3 is 2.50 bits per heavy atom. The topological polar surface area (TPSA) is 52.6 Å². The number of unbranched alkanes of at least 4 members (excludes halogenated alkanes) is 1. The van der Waals surface area contributed by atoms with Crippen molar-refractivity contribution in [2.24, 2.45) is 5.92 Å². The summed E-state index contributed by atoms with van der Waals surface area (Å²) in [6.07, 6.45) is 0.950. The highest BCUT2D eigenvalue weighted by molar-refractivity contribution is 5.76. The van der Waals surface area contributed by atoms with Crippen LogP contribution in [0.1, 0.15) is 33.6 Å². The quantitative estimate of drug-likeness (QED) is 0.462. The van der Waals surface area contributed by atoms with Crippen molar-refractivity contribution in [1.82, 2.24) is 0 Å². The van der Waals surface area contributed by atoms with E-state index in [0.717, 1.165) is 12.8 Å². The van der Waals surface area contributed by atoms with E-state index >= 15 is 0 Å². The first kappa shape index (κ1) is 12.9. The zero-order chi connectivity index (χ0) is 11.0. The zero-order valence-corrected chi connectivity index (χ0v) is 8.91. The average molecular weight is 201 g/mol. The Morgan fingerprint density at radius 1 is 1.43 bits per heavy atom. The Balaban J connectivity index is 3.95. The number of carbonyl (C=O) groups excluding carboxylic acids is 2. The first-order chi connectivity index (χ1) is 6.63. The van der Waals surface area contributed by atoms with Crippen molar-refractivity contribution in [3.8, 4) is 0 Å². The normalized spacial score (nSPS) is 12.3. The third-order valence-electron chi connectivity index (χ3n) is 1.76. The molecular formula is C10H17O4. The highest BCUT2D eigenvalue weighted by Crippen LogP contribution is 2.07. The minimum atomic E-state index is -0.829. The number of hydrogen-bond donors (Lipinski definition) is 0. The number of esters is 1. The Labute approximate surface area is 84.6 Å². The van der Waals surface area contributed by atoms with Crippen molar-refractivity contribution in [3.05, 3.63) is 0 Å². The van der Waals surface area contributed by atoms with Gasteiger partial charge in [-0.25, -0.2) is 9.59 Å². The van der Waals surface area contributed by atoms with Gasteiger partial charge in [0.15, 0.2) is 0 Å². The predicted molar refractivity (Wildman–Crippen MR) is 51.3 cm³/mol. The number of rotatable bonds is 7. The lowest BCUT2D eigenvalue weighted by Gasteiger charge is -2.16. The zero-order valence-electron chi connectivity index (χ0n) is 8.91. The molecule has 0 saturated heterocycles. The number of ether oxygens (including phenoxy) is 2. The van der Waals surface area contributed by atoms with Gasteiger partial charge in [0.05, 0.1) is 6.61 Å². The molecule has 0 fully saturated rings. The summed E-state index contributed by atoms with van der Waals surface area (Å²) in [6.45, 7) is 7.21. The lowest BCUT2D eigenvalue weighted by atomic mass is 10.1. The molecule has 0 amide bonds. The van der Waals surface area contributed by atoms with Crippen LogP contribution in [0.25, 0.3) is 0 Å². The van der Waals surface area contributed by atoms with Gasteiger partial charge in [0.25, 0.3) is 0 Å². The molecule has 0 aliphatic heterocycles. The Morgan fingerprint density at radius 2 is 2.07 bits per heavy atom. The van der Waals surface area contributed by atoms with E-state index in [1.54, 1.807) is 13.8 Å². The van der Waals surface area contributed by atoms with Gasteiger partial charge in [-0.3, -0.25) is 0 Å². The molecule has 0 heterocycles. The molecule has 0 aromatic carbocycles. The van der Waals surface area contributed by atoms with Crippen molar-refractivity contribution >= 4 is 12.4 Å². The molecule has 4 nitrogen and oxygen atoms in total. The summed E-state index contributed by atoms with van der Waals surface area (Å²) in [6, 6.07) is 0. The van der Waals surface area contributed by atoms with E-state index in [1.807, 2.05) is 6.92 Å². The second-order valence-corrected chi connectivity index (χ2v) is 3.39. The smallest absolute Gasteiger partial charge is 0.418 e. The molecule has 81 valence electrons. The van der Waals surface area contributed by atoms with E-state index in [0.29, 0.717) is 6.61 Å². The van der Waals surface area contributed by atoms with Crippen LogP contribution >= 0.6 is 0 Å². The monoisotopic (exact) mass is 201 g/mol. The van der Waals surface area contributed by atoms with Gasteiger partial charge >= 0.3 is 12.4 Å². The first-order valence-electron chi connectivity index (χ1n) is 4.82. The number of hydrogen-bond acceptors (Lipinski definition) is 4. The highest BCUT2D eigenvalue weighted by Gasteiger charge is 2.25. The summed E-state index contributed by atoms with van der Waals surface area (Å²) in [5, 5.41) is 0. The molecule has 0 N–H and O–H groups in total. The van der Waals surface area contributed by atoms with Crippen LogP contribution in [-0.4, -0.2) is 25.2 Å². The van der Waals surface area contributed by atoms with Crippen molar-refractivity contribution in [3.63, 3.8) is 0 Å². The fourth-order valence-corrected chi connectivity index (χ4v) is 0.907. The van der Waals surface area contributed by atoms with Crippen molar-refractivity contribution < 1.29 is 19.1 Å². The molecule has 1 radical (unpaired) electrons. The molecule has 4 heteroatoms. The molecule has 0 bridgehead atoms. The molecule has 0 spiro atoms. The lowest BCUT2D eigenvalue weighted by Crippen LogP contribution is -2.31. The van der Waals surface area contributed by atoms with Gasteiger partial charge in [-0.15, -0.1) is 0 Å². The molecule has 0 saturated carbocycles. The van der Waals surface area contributed by atoms with E-state index < -0.39 is 12.1 Å². The maximum atomic E-state index is 11.3. The molecule has 14 heavy (non-hydrogen) atoms. The summed E-state index contributed by atoms with van der Waals surface area (Å²) in [5.41, 5.74) is 0. The van der Waals surface area contributed by atoms with Crippen LogP contribution < -0.4 is 0 Å². The standard InChI is InChI=1S/C10H17O4/c1-4-5-6-13-10(12)9(8(2)3)14-7-11/h8-9H,4-6H2,1-3H3. The summed E-state index contributed by atoms with van der Waals surface area (Å²) in [5.74, 6) is -0.581. The van der Waals surface area contributed by atoms with Crippen LogP contribution in [0.15, 0.2) is 0 Å². The van der Waals surface area contributed by atoms with Crippen LogP contribution in [0.4, 0.5) is 0 Å². The second kappa shape index (κ2) is 7.35. The van der Waals surface area contributed by atoms with Crippen LogP contribution in [-0.2, 0) is 19.1 Å². The van der Waals surface area contributed by atoms with E-state index in [-0.39, 0.29) is 5.92 Å². The molecule has 0 aromatic heterocycles. The summed E-state index contributed by atoms with van der Waals surface area (Å²) < 4.78 is 9.43. The van der Waals surface area contributed by atoms with E-state index in [2.05, 4.69) is 4.74 Å². The van der Waals surface area contributed by atoms with Crippen molar-refractivity contribution in [1.29, 1.82) is 0 Å². The van der Waals surface area contributed by atoms with Gasteiger partial charge in [0.1, 0.15) is 0 Å². The lowest BCUT2D eigenvalue weighted by molar-refractivity contribution is -0.155. The predicted octanol–water partition coefficient (Wildman–Crippen LogP) is 1.44. The van der Waals surface area contributed by atoms with Gasteiger partial charge in [-0.05, 0) is 6.42 Å². The first-order valence-corrected chi connectivity index (χ1v) is 4.82. The Bertz CT molecular complexity index is 177. The molecular weight excluding hydrogens is 184 g/mol. The SMILES string of the molecule is CCCCOC(=O)C(O[C]=O)C(C)C. The van der Waals surface area contributed by atoms with Gasteiger partial charge in [-0.1, -0.05) is 27.2 Å². The fraction of sp³-hybridized carbons (Fsp3) is 0.800. The van der Waals surface area contributed by atoms with Gasteiger partial charge in [0, 0.05) is 5.92 Å². The average Bonchev–Trinajstić information content (AvgIpc) is 2.13. The fourth-order valence-electron chi connectivity index (χ4n) is 0.907. The Hall–Kier alpha value is -1.06. The summed E-state index contributed by atoms with van der Waals surface area (Å²) >= 11 is 0. The maximum Gasteiger partial charge on any atom is 0.418 e. The minimum Gasteiger partial charge on any atom is -0.463 e. The highest BCUT2D eigenvalue weighted by atomic mass is 16.6. The second-order valence-electron chi connectivity index (χ2n) is 3.39. The van der Waals surface area contributed by atoms with Crippen LogP contribution in [0, 0.1) is 5.92 Å². The van der Waals surface area contributed by atoms with Crippen LogP contribution in [0.3, 0.4) is 0 Å². The Kier molecular flexibility index (Phi) is 6.80. The third-order valence-corrected chi connectivity index (χ3v) is 1.76. The molecule has 1 unspecified atom stereocenters. The molecule has 0 aliphatic carbocycles. The van der Waals surface area contributed by atoms with Gasteiger partial charge < -0.3 is 9.47 Å². The summed E-state index contributed by atoms with van der Waals surface area (Å²) in [4.78, 5) is 21.3. The van der Waals surface area contributed by atoms with Crippen molar-refractivity contribution in [2.45, 2.75) is 39.7 Å². The van der Waals surface area contributed by atoms with E-state index in [1.165, 1.54) is 6.47 Å². The number of carbonyl (C=O) groups is 1. The van der Waals surface area contributed by atoms with Crippen LogP contribution in [0.5, 0.6) is 0 Å². The molecule has 0 aromatic rings. The van der Waals surface area contributed by atoms with E-state index in [4.69, 9.17) is 4.74 Å². The minimum absolute atomic E-state index is 0.0921. The largest absolute Gasteiger partial charge is 0.463 e. The van der Waals surface area contributed by atoms with Gasteiger partial charge in [-0.2, -0.15) is 0 Å². The van der Waals surface area contributed by atoms with E-state index in [9.17, 15) is 9.59 Å². The third kappa shape index (κ3) is 4.84. The molecule has 0 aliphatic rings. The van der Waals surface area contributed by atoms with Crippen LogP contribution in [0.2, 0.25) is 0 Å².